The maximum atomic E-state index is 12.6. The average Bonchev–Trinajstić information content (AvgIpc) is 2.68. The average molecular weight is 383 g/mol. The van der Waals surface area contributed by atoms with Gasteiger partial charge in [0, 0.05) is 35.8 Å². The van der Waals surface area contributed by atoms with Crippen molar-refractivity contribution in [2.45, 2.75) is 11.4 Å². The molecule has 7 heteroatoms. The number of thioether (sulfide) groups is 1. The Hall–Kier alpha value is -2.35. The molecule has 0 atom stereocenters. The third-order valence-corrected chi connectivity index (χ3v) is 5.64. The van der Waals surface area contributed by atoms with Gasteiger partial charge < -0.3 is 15.4 Å². The van der Waals surface area contributed by atoms with E-state index in [0.29, 0.717) is 17.0 Å². The summed E-state index contributed by atoms with van der Waals surface area (Å²) in [6.45, 7) is 4.23. The van der Waals surface area contributed by atoms with E-state index >= 15 is 0 Å². The third-order valence-electron chi connectivity index (χ3n) is 4.57. The van der Waals surface area contributed by atoms with Crippen LogP contribution in [0.3, 0.4) is 0 Å². The zero-order chi connectivity index (χ0) is 18.6. The van der Waals surface area contributed by atoms with Crippen molar-refractivity contribution in [2.24, 2.45) is 0 Å². The number of rotatable bonds is 4. The first-order valence-electron chi connectivity index (χ1n) is 8.94. The lowest BCUT2D eigenvalue weighted by atomic mass is 10.1. The number of hydrogen-bond donors (Lipinski definition) is 2. The van der Waals surface area contributed by atoms with Crippen molar-refractivity contribution in [3.63, 3.8) is 0 Å². The molecule has 0 saturated carbocycles. The number of fused-ring (bicyclic) bond motifs is 1. The number of carbonyl (C=O) groups is 2. The van der Waals surface area contributed by atoms with Crippen LogP contribution >= 0.6 is 11.8 Å². The highest BCUT2D eigenvalue weighted by Crippen LogP contribution is 2.32. The molecule has 0 unspecified atom stereocenters. The van der Waals surface area contributed by atoms with Gasteiger partial charge in [0.05, 0.1) is 24.7 Å². The molecule has 0 aliphatic carbocycles. The Morgan fingerprint density at radius 1 is 1.19 bits per heavy atom. The van der Waals surface area contributed by atoms with Gasteiger partial charge in [-0.05, 0) is 35.9 Å². The molecule has 2 N–H and O–H groups in total. The summed E-state index contributed by atoms with van der Waals surface area (Å²) in [7, 11) is 0. The summed E-state index contributed by atoms with van der Waals surface area (Å²) in [6, 6.07) is 13.3. The van der Waals surface area contributed by atoms with Gasteiger partial charge >= 0.3 is 0 Å². The fraction of sp³-hybridized carbons (Fsp3) is 0.300. The van der Waals surface area contributed by atoms with Crippen LogP contribution in [0.5, 0.6) is 0 Å². The molecule has 0 bridgehead atoms. The molecule has 0 spiro atoms. The molecule has 0 radical (unpaired) electrons. The molecular formula is C20H21N3O3S. The second kappa shape index (κ2) is 8.12. The van der Waals surface area contributed by atoms with Crippen LogP contribution in [-0.4, -0.2) is 48.8 Å². The van der Waals surface area contributed by atoms with E-state index in [1.807, 2.05) is 24.3 Å². The molecular weight excluding hydrogens is 362 g/mol. The SMILES string of the molecule is O=C1CSc2ccc(C(=O)Nc3cccc(CN4CCOCC4)c3)cc2N1. The second-order valence-electron chi connectivity index (χ2n) is 6.59. The van der Waals surface area contributed by atoms with E-state index in [9.17, 15) is 9.59 Å². The number of benzene rings is 2. The highest BCUT2D eigenvalue weighted by molar-refractivity contribution is 8.00. The van der Waals surface area contributed by atoms with E-state index in [1.165, 1.54) is 11.8 Å². The topological polar surface area (TPSA) is 70.7 Å². The molecule has 27 heavy (non-hydrogen) atoms. The van der Waals surface area contributed by atoms with Crippen molar-refractivity contribution in [3.8, 4) is 0 Å². The smallest absolute Gasteiger partial charge is 0.255 e. The number of ether oxygens (including phenoxy) is 1. The Labute approximate surface area is 162 Å². The number of nitrogens with zero attached hydrogens (tertiary/aromatic N) is 1. The van der Waals surface area contributed by atoms with Crippen LogP contribution in [0.2, 0.25) is 0 Å². The molecule has 1 fully saturated rings. The third kappa shape index (κ3) is 4.50. The van der Waals surface area contributed by atoms with Crippen LogP contribution in [-0.2, 0) is 16.1 Å². The lowest BCUT2D eigenvalue weighted by Crippen LogP contribution is -2.35. The first-order chi connectivity index (χ1) is 13.2. The molecule has 0 aromatic heterocycles. The largest absolute Gasteiger partial charge is 0.379 e. The Morgan fingerprint density at radius 2 is 2.04 bits per heavy atom. The van der Waals surface area contributed by atoms with Crippen molar-refractivity contribution < 1.29 is 14.3 Å². The summed E-state index contributed by atoms with van der Waals surface area (Å²) in [5.74, 6) is 0.182. The molecule has 2 aromatic rings. The lowest BCUT2D eigenvalue weighted by molar-refractivity contribution is -0.113. The summed E-state index contributed by atoms with van der Waals surface area (Å²) in [5.41, 5.74) is 3.14. The van der Waals surface area contributed by atoms with Crippen molar-refractivity contribution in [1.29, 1.82) is 0 Å². The summed E-state index contributed by atoms with van der Waals surface area (Å²) in [4.78, 5) is 27.5. The molecule has 2 heterocycles. The standard InChI is InChI=1S/C20H21N3O3S/c24-19-13-27-18-5-4-15(11-17(18)22-19)20(25)21-16-3-1-2-14(10-16)12-23-6-8-26-9-7-23/h1-5,10-11H,6-9,12-13H2,(H,21,25)(H,22,24). The fourth-order valence-corrected chi connectivity index (χ4v) is 3.98. The van der Waals surface area contributed by atoms with Gasteiger partial charge in [-0.1, -0.05) is 12.1 Å². The maximum absolute atomic E-state index is 12.6. The van der Waals surface area contributed by atoms with E-state index in [4.69, 9.17) is 4.74 Å². The van der Waals surface area contributed by atoms with Crippen LogP contribution < -0.4 is 10.6 Å². The van der Waals surface area contributed by atoms with E-state index in [-0.39, 0.29) is 11.8 Å². The van der Waals surface area contributed by atoms with Crippen molar-refractivity contribution in [2.75, 3.05) is 42.7 Å². The van der Waals surface area contributed by atoms with Gasteiger partial charge in [-0.2, -0.15) is 0 Å². The van der Waals surface area contributed by atoms with Crippen LogP contribution in [0.15, 0.2) is 47.4 Å². The Kier molecular flexibility index (Phi) is 5.42. The molecule has 4 rings (SSSR count). The lowest BCUT2D eigenvalue weighted by Gasteiger charge is -2.26. The van der Waals surface area contributed by atoms with Gasteiger partial charge in [0.2, 0.25) is 5.91 Å². The zero-order valence-corrected chi connectivity index (χ0v) is 15.7. The number of anilines is 2. The number of carbonyl (C=O) groups excluding carboxylic acids is 2. The number of morpholine rings is 1. The molecule has 2 aliphatic rings. The highest BCUT2D eigenvalue weighted by atomic mass is 32.2. The van der Waals surface area contributed by atoms with Crippen LogP contribution in [0.1, 0.15) is 15.9 Å². The summed E-state index contributed by atoms with van der Waals surface area (Å²) in [6.07, 6.45) is 0. The van der Waals surface area contributed by atoms with Crippen molar-refractivity contribution in [3.05, 3.63) is 53.6 Å². The van der Waals surface area contributed by atoms with Gasteiger partial charge in [-0.15, -0.1) is 11.8 Å². The minimum atomic E-state index is -0.189. The van der Waals surface area contributed by atoms with Gasteiger partial charge in [0.15, 0.2) is 0 Å². The summed E-state index contributed by atoms with van der Waals surface area (Å²) >= 11 is 1.48. The van der Waals surface area contributed by atoms with Crippen LogP contribution in [0.25, 0.3) is 0 Å². The molecule has 140 valence electrons. The van der Waals surface area contributed by atoms with Crippen molar-refractivity contribution >= 4 is 35.0 Å². The normalized spacial score (nSPS) is 17.1. The van der Waals surface area contributed by atoms with E-state index in [0.717, 1.165) is 49.0 Å². The predicted octanol–water partition coefficient (Wildman–Crippen LogP) is 2.82. The monoisotopic (exact) mass is 383 g/mol. The van der Waals surface area contributed by atoms with Crippen LogP contribution in [0, 0.1) is 0 Å². The zero-order valence-electron chi connectivity index (χ0n) is 14.9. The summed E-state index contributed by atoms with van der Waals surface area (Å²) < 4.78 is 5.38. The van der Waals surface area contributed by atoms with E-state index in [2.05, 4.69) is 21.6 Å². The Balaban J connectivity index is 1.44. The molecule has 2 aliphatic heterocycles. The van der Waals surface area contributed by atoms with Gasteiger partial charge in [0.1, 0.15) is 0 Å². The molecule has 6 nitrogen and oxygen atoms in total. The Bertz CT molecular complexity index is 865. The molecule has 2 aromatic carbocycles. The summed E-state index contributed by atoms with van der Waals surface area (Å²) in [5, 5.41) is 5.77. The molecule has 1 saturated heterocycles. The first kappa shape index (κ1) is 18.0. The second-order valence-corrected chi connectivity index (χ2v) is 7.61. The fourth-order valence-electron chi connectivity index (χ4n) is 3.19. The number of nitrogens with one attached hydrogen (secondary N) is 2. The first-order valence-corrected chi connectivity index (χ1v) is 9.93. The predicted molar refractivity (Wildman–Crippen MR) is 106 cm³/mol. The van der Waals surface area contributed by atoms with Gasteiger partial charge in [0.25, 0.3) is 5.91 Å². The number of hydrogen-bond acceptors (Lipinski definition) is 5. The van der Waals surface area contributed by atoms with E-state index < -0.39 is 0 Å². The highest BCUT2D eigenvalue weighted by Gasteiger charge is 2.17. The quantitative estimate of drug-likeness (QED) is 0.850. The van der Waals surface area contributed by atoms with E-state index in [1.54, 1.807) is 12.1 Å². The Morgan fingerprint density at radius 3 is 2.89 bits per heavy atom. The molecule has 2 amide bonds. The van der Waals surface area contributed by atoms with Crippen molar-refractivity contribution in [1.82, 2.24) is 4.90 Å². The van der Waals surface area contributed by atoms with Gasteiger partial charge in [-0.3, -0.25) is 14.5 Å². The number of amides is 2. The maximum Gasteiger partial charge on any atom is 0.255 e. The minimum absolute atomic E-state index is 0.0409. The van der Waals surface area contributed by atoms with Crippen LogP contribution in [0.4, 0.5) is 11.4 Å². The van der Waals surface area contributed by atoms with Gasteiger partial charge in [-0.25, -0.2) is 0 Å². The minimum Gasteiger partial charge on any atom is -0.379 e.